The fraction of sp³-hybridized carbons (Fsp3) is 0.158. The highest BCUT2D eigenvalue weighted by Crippen LogP contribution is 2.32. The normalized spacial score (nSPS) is 10.9. The third-order valence-corrected chi connectivity index (χ3v) is 4.12. The molecule has 4 rings (SSSR count). The van der Waals surface area contributed by atoms with Crippen LogP contribution in [0, 0.1) is 18.6 Å². The first-order valence-electron chi connectivity index (χ1n) is 8.92. The van der Waals surface area contributed by atoms with Gasteiger partial charge in [-0.3, -0.25) is 5.10 Å². The number of anilines is 2. The summed E-state index contributed by atoms with van der Waals surface area (Å²) in [4.78, 5) is 22.2. The van der Waals surface area contributed by atoms with Crippen LogP contribution in [0.4, 0.5) is 20.4 Å². The Kier molecular flexibility index (Phi) is 5.00. The number of esters is 1. The van der Waals surface area contributed by atoms with E-state index in [9.17, 15) is 13.6 Å². The van der Waals surface area contributed by atoms with E-state index < -0.39 is 23.5 Å². The van der Waals surface area contributed by atoms with Gasteiger partial charge < -0.3 is 19.8 Å². The first-order valence-corrected chi connectivity index (χ1v) is 8.92. The van der Waals surface area contributed by atoms with E-state index in [1.807, 2.05) is 0 Å². The Morgan fingerprint density at radius 2 is 2.03 bits per heavy atom. The van der Waals surface area contributed by atoms with Crippen LogP contribution < -0.4 is 10.1 Å². The summed E-state index contributed by atoms with van der Waals surface area (Å²) in [5.74, 6) is -3.00. The summed E-state index contributed by atoms with van der Waals surface area (Å²) in [5, 5.41) is 9.25. The number of halogens is 2. The fourth-order valence-corrected chi connectivity index (χ4v) is 2.80. The maximum Gasteiger partial charge on any atom is 0.356 e. The third kappa shape index (κ3) is 3.64. The highest BCUT2D eigenvalue weighted by atomic mass is 19.1. The zero-order valence-electron chi connectivity index (χ0n) is 15.9. The molecule has 3 heterocycles. The van der Waals surface area contributed by atoms with Crippen molar-refractivity contribution >= 4 is 28.5 Å². The van der Waals surface area contributed by atoms with Gasteiger partial charge in [0, 0.05) is 22.7 Å². The number of nitrogens with one attached hydrogen (secondary N) is 3. The molecule has 3 N–H and O–H groups in total. The molecule has 0 amide bonds. The summed E-state index contributed by atoms with van der Waals surface area (Å²) >= 11 is 0. The third-order valence-electron chi connectivity index (χ3n) is 4.12. The Balaban J connectivity index is 1.58. The van der Waals surface area contributed by atoms with Gasteiger partial charge in [-0.1, -0.05) is 0 Å². The number of H-pyrrole nitrogens is 2. The van der Waals surface area contributed by atoms with Crippen molar-refractivity contribution in [3.8, 4) is 11.6 Å². The highest BCUT2D eigenvalue weighted by molar-refractivity contribution is 5.88. The first kappa shape index (κ1) is 19.3. The van der Waals surface area contributed by atoms with Crippen LogP contribution in [0.1, 0.15) is 23.1 Å². The van der Waals surface area contributed by atoms with Gasteiger partial charge in [0.1, 0.15) is 12.0 Å². The topological polar surface area (TPSA) is 118 Å². The average Bonchev–Trinajstić information content (AvgIpc) is 3.34. The zero-order valence-corrected chi connectivity index (χ0v) is 15.9. The minimum absolute atomic E-state index is 0.0856. The van der Waals surface area contributed by atoms with Crippen LogP contribution in [0.3, 0.4) is 0 Å². The molecule has 0 unspecified atom stereocenters. The number of nitrogens with zero attached hydrogens (tertiary/aromatic N) is 3. The summed E-state index contributed by atoms with van der Waals surface area (Å²) in [7, 11) is 0. The van der Waals surface area contributed by atoms with E-state index >= 15 is 0 Å². The monoisotopic (exact) mass is 414 g/mol. The van der Waals surface area contributed by atoms with E-state index in [4.69, 9.17) is 9.47 Å². The number of ether oxygens (including phenoxy) is 2. The molecular formula is C19H16F2N6O3. The van der Waals surface area contributed by atoms with Crippen LogP contribution in [0.15, 0.2) is 30.6 Å². The Bertz CT molecular complexity index is 1240. The van der Waals surface area contributed by atoms with Crippen LogP contribution in [-0.2, 0) is 4.74 Å². The smallest absolute Gasteiger partial charge is 0.356 e. The molecule has 0 aliphatic rings. The molecule has 0 saturated carbocycles. The standard InChI is InChI=1S/C19H16F2N6O3/c1-3-29-19(28)12-7-14(27-26-12)25-17-16(21)18(23-8-22-17)30-13-5-4-11-10(15(13)20)6-9(2)24-11/h4-8,24H,3H2,1-2H3,(H2,22,23,25,26,27). The van der Waals surface area contributed by atoms with Gasteiger partial charge in [-0.2, -0.15) is 14.5 Å². The highest BCUT2D eigenvalue weighted by Gasteiger charge is 2.18. The van der Waals surface area contributed by atoms with E-state index in [2.05, 4.69) is 30.5 Å². The van der Waals surface area contributed by atoms with Crippen LogP contribution in [0.25, 0.3) is 10.9 Å². The SMILES string of the molecule is CCOC(=O)c1cc(Nc2ncnc(Oc3ccc4[nH]c(C)cc4c3F)c2F)n[nH]1. The summed E-state index contributed by atoms with van der Waals surface area (Å²) in [5.41, 5.74) is 1.46. The molecule has 3 aromatic heterocycles. The van der Waals surface area contributed by atoms with Gasteiger partial charge in [-0.25, -0.2) is 14.2 Å². The fourth-order valence-electron chi connectivity index (χ4n) is 2.80. The Morgan fingerprint density at radius 3 is 2.83 bits per heavy atom. The van der Waals surface area contributed by atoms with Crippen LogP contribution >= 0.6 is 0 Å². The van der Waals surface area contributed by atoms with E-state index in [-0.39, 0.29) is 29.7 Å². The average molecular weight is 414 g/mol. The predicted molar refractivity (Wildman–Crippen MR) is 103 cm³/mol. The maximum absolute atomic E-state index is 14.8. The van der Waals surface area contributed by atoms with Crippen LogP contribution in [0.2, 0.25) is 0 Å². The second kappa shape index (κ2) is 7.78. The lowest BCUT2D eigenvalue weighted by Crippen LogP contribution is -2.04. The van der Waals surface area contributed by atoms with Crippen molar-refractivity contribution in [1.29, 1.82) is 0 Å². The number of hydrogen-bond donors (Lipinski definition) is 3. The number of aryl methyl sites for hydroxylation is 1. The largest absolute Gasteiger partial charge is 0.461 e. The van der Waals surface area contributed by atoms with Crippen molar-refractivity contribution in [2.75, 3.05) is 11.9 Å². The number of fused-ring (bicyclic) bond motifs is 1. The lowest BCUT2D eigenvalue weighted by atomic mass is 10.2. The molecular weight excluding hydrogens is 398 g/mol. The summed E-state index contributed by atoms with van der Waals surface area (Å²) in [6.07, 6.45) is 1.05. The lowest BCUT2D eigenvalue weighted by molar-refractivity contribution is 0.0519. The minimum Gasteiger partial charge on any atom is -0.461 e. The Morgan fingerprint density at radius 1 is 1.20 bits per heavy atom. The predicted octanol–water partition coefficient (Wildman–Crippen LogP) is 3.98. The van der Waals surface area contributed by atoms with E-state index in [0.29, 0.717) is 10.9 Å². The van der Waals surface area contributed by atoms with Gasteiger partial charge >= 0.3 is 5.97 Å². The molecule has 0 saturated heterocycles. The first-order chi connectivity index (χ1) is 14.5. The lowest BCUT2D eigenvalue weighted by Gasteiger charge is -2.09. The second-order valence-corrected chi connectivity index (χ2v) is 6.25. The molecule has 30 heavy (non-hydrogen) atoms. The summed E-state index contributed by atoms with van der Waals surface area (Å²) < 4.78 is 39.7. The van der Waals surface area contributed by atoms with Gasteiger partial charge in [-0.15, -0.1) is 0 Å². The quantitative estimate of drug-likeness (QED) is 0.409. The van der Waals surface area contributed by atoms with Gasteiger partial charge in [-0.05, 0) is 32.0 Å². The van der Waals surface area contributed by atoms with Crippen molar-refractivity contribution in [3.63, 3.8) is 0 Å². The Hall–Kier alpha value is -4.02. The number of aromatic amines is 2. The molecule has 0 fully saturated rings. The number of hydrogen-bond acceptors (Lipinski definition) is 7. The molecule has 4 aromatic rings. The van der Waals surface area contributed by atoms with Gasteiger partial charge in [0.05, 0.1) is 6.61 Å². The van der Waals surface area contributed by atoms with Crippen molar-refractivity contribution in [2.45, 2.75) is 13.8 Å². The molecule has 0 bridgehead atoms. The van der Waals surface area contributed by atoms with Crippen LogP contribution in [-0.4, -0.2) is 37.7 Å². The van der Waals surface area contributed by atoms with Crippen LogP contribution in [0.5, 0.6) is 11.6 Å². The zero-order chi connectivity index (χ0) is 21.3. The number of aromatic nitrogens is 5. The van der Waals surface area contributed by atoms with Gasteiger partial charge in [0.25, 0.3) is 5.88 Å². The molecule has 0 spiro atoms. The number of carbonyl (C=O) groups excluding carboxylic acids is 1. The summed E-state index contributed by atoms with van der Waals surface area (Å²) in [6, 6.07) is 5.96. The van der Waals surface area contributed by atoms with Crippen molar-refractivity contribution in [2.24, 2.45) is 0 Å². The van der Waals surface area contributed by atoms with Crippen molar-refractivity contribution in [3.05, 3.63) is 53.6 Å². The minimum atomic E-state index is -0.956. The number of rotatable bonds is 6. The van der Waals surface area contributed by atoms with E-state index in [1.165, 1.54) is 12.1 Å². The Labute approximate surface area is 168 Å². The van der Waals surface area contributed by atoms with E-state index in [1.54, 1.807) is 26.0 Å². The molecule has 154 valence electrons. The summed E-state index contributed by atoms with van der Waals surface area (Å²) in [6.45, 7) is 3.67. The molecule has 1 aromatic carbocycles. The molecule has 0 aliphatic heterocycles. The van der Waals surface area contributed by atoms with Gasteiger partial charge in [0.15, 0.2) is 23.2 Å². The molecule has 0 atom stereocenters. The second-order valence-electron chi connectivity index (χ2n) is 6.25. The molecule has 0 aliphatic carbocycles. The number of carbonyl (C=O) groups is 1. The molecule has 11 heteroatoms. The van der Waals surface area contributed by atoms with Gasteiger partial charge in [0.2, 0.25) is 5.82 Å². The number of benzene rings is 1. The maximum atomic E-state index is 14.8. The van der Waals surface area contributed by atoms with Crippen molar-refractivity contribution < 1.29 is 23.0 Å². The molecule has 9 nitrogen and oxygen atoms in total. The van der Waals surface area contributed by atoms with E-state index in [0.717, 1.165) is 12.0 Å². The molecule has 0 radical (unpaired) electrons. The van der Waals surface area contributed by atoms with Crippen molar-refractivity contribution in [1.82, 2.24) is 25.1 Å².